The summed E-state index contributed by atoms with van der Waals surface area (Å²) in [5.74, 6) is -0.637. The van der Waals surface area contributed by atoms with E-state index in [1.807, 2.05) is 0 Å². The van der Waals surface area contributed by atoms with Gasteiger partial charge in [-0.15, -0.1) is 0 Å². The van der Waals surface area contributed by atoms with Crippen molar-refractivity contribution in [1.29, 1.82) is 0 Å². The number of pyridine rings is 1. The number of carbonyl (C=O) groups excluding carboxylic acids is 1. The van der Waals surface area contributed by atoms with Crippen LogP contribution in [0, 0.1) is 5.92 Å². The fraction of sp³-hybridized carbons (Fsp3) is 0.308. The van der Waals surface area contributed by atoms with Crippen LogP contribution in [0.3, 0.4) is 0 Å². The molecular formula is C26H24Cl2F2N2O7S. The number of esters is 1. The number of hydrogen-bond acceptors (Lipinski definition) is 7. The zero-order valence-corrected chi connectivity index (χ0v) is 23.3. The Kier molecular flexibility index (Phi) is 9.22. The average Bonchev–Trinajstić information content (AvgIpc) is 3.71. The number of hydrogen-bond donors (Lipinski definition) is 2. The van der Waals surface area contributed by atoms with Crippen molar-refractivity contribution in [2.45, 2.75) is 32.0 Å². The van der Waals surface area contributed by atoms with E-state index in [0.717, 1.165) is 19.1 Å². The first-order chi connectivity index (χ1) is 18.9. The number of benzene rings is 2. The molecule has 1 heterocycles. The molecule has 0 spiro atoms. The zero-order chi connectivity index (χ0) is 29.0. The highest BCUT2D eigenvalue weighted by molar-refractivity contribution is 7.92. The number of aromatic nitrogens is 1. The summed E-state index contributed by atoms with van der Waals surface area (Å²) in [5, 5.41) is -0.0858. The molecular weight excluding hydrogens is 593 g/mol. The Hall–Kier alpha value is -3.35. The topological polar surface area (TPSA) is 124 Å². The molecule has 14 heteroatoms. The highest BCUT2D eigenvalue weighted by atomic mass is 35.5. The van der Waals surface area contributed by atoms with Crippen LogP contribution in [0.25, 0.3) is 0 Å². The number of ether oxygens (including phenoxy) is 3. The van der Waals surface area contributed by atoms with Crippen molar-refractivity contribution < 1.29 is 36.2 Å². The molecule has 214 valence electrons. The minimum absolute atomic E-state index is 0.0325. The second-order valence-corrected chi connectivity index (χ2v) is 11.7. The second kappa shape index (κ2) is 12.4. The SMILES string of the molecule is CS(=O)(=O)Nc1ccc(C(=O)OC(Cc2c(Cl)c[nH]c(=O)c2Cl)c2ccc(OC(F)F)c(OCC3CC3)c2)cc1. The van der Waals surface area contributed by atoms with Crippen molar-refractivity contribution in [3.8, 4) is 11.5 Å². The Balaban J connectivity index is 1.67. The third kappa shape index (κ3) is 8.09. The lowest BCUT2D eigenvalue weighted by Gasteiger charge is -2.21. The molecule has 0 bridgehead atoms. The number of anilines is 1. The average molecular weight is 617 g/mol. The van der Waals surface area contributed by atoms with Crippen molar-refractivity contribution in [2.24, 2.45) is 5.92 Å². The summed E-state index contributed by atoms with van der Waals surface area (Å²) in [6.07, 6.45) is 2.93. The van der Waals surface area contributed by atoms with E-state index < -0.39 is 34.3 Å². The van der Waals surface area contributed by atoms with Crippen LogP contribution in [-0.4, -0.2) is 38.8 Å². The maximum absolute atomic E-state index is 13.1. The maximum atomic E-state index is 13.1. The molecule has 0 amide bonds. The number of sulfonamides is 1. The predicted molar refractivity (Wildman–Crippen MR) is 145 cm³/mol. The minimum atomic E-state index is -3.52. The van der Waals surface area contributed by atoms with E-state index in [1.165, 1.54) is 48.7 Å². The number of aromatic amines is 1. The van der Waals surface area contributed by atoms with Crippen LogP contribution in [0.2, 0.25) is 10.0 Å². The summed E-state index contributed by atoms with van der Waals surface area (Å²) in [4.78, 5) is 27.6. The van der Waals surface area contributed by atoms with Crippen LogP contribution < -0.4 is 19.8 Å². The summed E-state index contributed by atoms with van der Waals surface area (Å²) in [5.41, 5.74) is 0.267. The zero-order valence-electron chi connectivity index (χ0n) is 21.0. The highest BCUT2D eigenvalue weighted by Crippen LogP contribution is 2.37. The van der Waals surface area contributed by atoms with Gasteiger partial charge in [0, 0.05) is 23.9 Å². The summed E-state index contributed by atoms with van der Waals surface area (Å²) >= 11 is 12.5. The number of carbonyl (C=O) groups is 1. The molecule has 1 unspecified atom stereocenters. The van der Waals surface area contributed by atoms with E-state index in [9.17, 15) is 26.8 Å². The van der Waals surface area contributed by atoms with Crippen molar-refractivity contribution in [3.63, 3.8) is 0 Å². The van der Waals surface area contributed by atoms with Crippen molar-refractivity contribution >= 4 is 44.9 Å². The van der Waals surface area contributed by atoms with Crippen LogP contribution in [0.15, 0.2) is 53.5 Å². The monoisotopic (exact) mass is 616 g/mol. The van der Waals surface area contributed by atoms with Crippen molar-refractivity contribution in [3.05, 3.63) is 85.8 Å². The third-order valence-electron chi connectivity index (χ3n) is 5.87. The van der Waals surface area contributed by atoms with Gasteiger partial charge in [-0.1, -0.05) is 29.3 Å². The summed E-state index contributed by atoms with van der Waals surface area (Å²) in [6, 6.07) is 9.62. The van der Waals surface area contributed by atoms with Gasteiger partial charge in [0.2, 0.25) is 10.0 Å². The van der Waals surface area contributed by atoms with Crippen LogP contribution in [0.4, 0.5) is 14.5 Å². The third-order valence-corrected chi connectivity index (χ3v) is 7.22. The quantitative estimate of drug-likeness (QED) is 0.254. The van der Waals surface area contributed by atoms with Crippen LogP contribution in [0.5, 0.6) is 11.5 Å². The van der Waals surface area contributed by atoms with Crippen molar-refractivity contribution in [2.75, 3.05) is 17.6 Å². The largest absolute Gasteiger partial charge is 0.489 e. The predicted octanol–water partition coefficient (Wildman–Crippen LogP) is 5.58. The molecule has 1 aliphatic carbocycles. The molecule has 40 heavy (non-hydrogen) atoms. The Labute approximate surface area is 238 Å². The lowest BCUT2D eigenvalue weighted by atomic mass is 10.0. The second-order valence-electron chi connectivity index (χ2n) is 9.15. The van der Waals surface area contributed by atoms with E-state index in [0.29, 0.717) is 18.1 Å². The van der Waals surface area contributed by atoms with Gasteiger partial charge in [0.05, 0.1) is 23.4 Å². The Morgan fingerprint density at radius 1 is 1.12 bits per heavy atom. The summed E-state index contributed by atoms with van der Waals surface area (Å²) in [7, 11) is -3.52. The molecule has 1 saturated carbocycles. The Morgan fingerprint density at radius 2 is 1.82 bits per heavy atom. The van der Waals surface area contributed by atoms with Gasteiger partial charge in [-0.2, -0.15) is 8.78 Å². The number of rotatable bonds is 12. The molecule has 1 fully saturated rings. The fourth-order valence-corrected chi connectivity index (χ4v) is 4.80. The molecule has 0 radical (unpaired) electrons. The van der Waals surface area contributed by atoms with Crippen molar-refractivity contribution in [1.82, 2.24) is 4.98 Å². The van der Waals surface area contributed by atoms with E-state index >= 15 is 0 Å². The molecule has 0 aliphatic heterocycles. The van der Waals surface area contributed by atoms with E-state index in [4.69, 9.17) is 32.7 Å². The molecule has 0 saturated heterocycles. The van der Waals surface area contributed by atoms with Gasteiger partial charge in [0.25, 0.3) is 5.56 Å². The Morgan fingerprint density at radius 3 is 2.45 bits per heavy atom. The van der Waals surface area contributed by atoms with E-state index in [1.54, 1.807) is 0 Å². The van der Waals surface area contributed by atoms with Crippen LogP contribution in [-0.2, 0) is 21.2 Å². The highest BCUT2D eigenvalue weighted by Gasteiger charge is 2.26. The van der Waals surface area contributed by atoms with Gasteiger partial charge in [-0.3, -0.25) is 9.52 Å². The lowest BCUT2D eigenvalue weighted by molar-refractivity contribution is -0.0515. The first-order valence-corrected chi connectivity index (χ1v) is 14.6. The number of alkyl halides is 2. The number of halogens is 4. The molecule has 3 aromatic rings. The van der Waals surface area contributed by atoms with Crippen LogP contribution >= 0.6 is 23.2 Å². The van der Waals surface area contributed by atoms with Crippen LogP contribution in [0.1, 0.15) is 40.4 Å². The van der Waals surface area contributed by atoms with Gasteiger partial charge < -0.3 is 19.2 Å². The molecule has 4 rings (SSSR count). The summed E-state index contributed by atoms with van der Waals surface area (Å²) < 4.78 is 67.4. The van der Waals surface area contributed by atoms with E-state index in [-0.39, 0.29) is 44.8 Å². The lowest BCUT2D eigenvalue weighted by Crippen LogP contribution is -2.17. The molecule has 1 aromatic heterocycles. The molecule has 9 nitrogen and oxygen atoms in total. The van der Waals surface area contributed by atoms with Gasteiger partial charge in [0.1, 0.15) is 11.1 Å². The first-order valence-electron chi connectivity index (χ1n) is 12.0. The van der Waals surface area contributed by atoms with E-state index in [2.05, 4.69) is 14.4 Å². The molecule has 1 aliphatic rings. The minimum Gasteiger partial charge on any atom is -0.489 e. The van der Waals surface area contributed by atoms with Gasteiger partial charge in [-0.05, 0) is 60.7 Å². The normalized spacial score (nSPS) is 14.1. The first kappa shape index (κ1) is 29.6. The Bertz CT molecular complexity index is 1550. The molecule has 2 aromatic carbocycles. The van der Waals surface area contributed by atoms with Gasteiger partial charge in [-0.25, -0.2) is 13.2 Å². The maximum Gasteiger partial charge on any atom is 0.387 e. The fourth-order valence-electron chi connectivity index (χ4n) is 3.73. The van der Waals surface area contributed by atoms with Gasteiger partial charge in [0.15, 0.2) is 11.5 Å². The summed E-state index contributed by atoms with van der Waals surface area (Å²) in [6.45, 7) is -2.79. The van der Waals surface area contributed by atoms with Gasteiger partial charge >= 0.3 is 12.6 Å². The number of nitrogens with one attached hydrogen (secondary N) is 2. The molecule has 1 atom stereocenters. The standard InChI is InChI=1S/C26H24Cl2F2N2O7S/c1-40(35,36)32-17-7-4-15(5-8-17)25(34)38-21(11-18-19(27)12-31-24(33)23(18)28)16-6-9-20(39-26(29)30)22(10-16)37-13-14-2-3-14/h4-10,12,14,21,26,32H,2-3,11,13H2,1H3,(H,31,33). The molecule has 2 N–H and O–H groups in total. The smallest absolute Gasteiger partial charge is 0.387 e. The number of H-pyrrole nitrogens is 1.